The predicted molar refractivity (Wildman–Crippen MR) is 39.7 cm³/mol. The highest BCUT2D eigenvalue weighted by molar-refractivity contribution is 5.96. The van der Waals surface area contributed by atoms with Gasteiger partial charge in [-0.15, -0.1) is 0 Å². The molecule has 0 saturated heterocycles. The second kappa shape index (κ2) is 3.08. The van der Waals surface area contributed by atoms with Crippen molar-refractivity contribution in [3.05, 3.63) is 23.7 Å². The molecular weight excluding hydrogens is 162 g/mol. The van der Waals surface area contributed by atoms with Crippen LogP contribution in [0.1, 0.15) is 23.2 Å². The highest BCUT2D eigenvalue weighted by atomic mass is 16.4. The first-order chi connectivity index (χ1) is 5.65. The number of hydrogen-bond donors (Lipinski definition) is 2. The summed E-state index contributed by atoms with van der Waals surface area (Å²) in [6, 6.07) is 2.73. The Hall–Kier alpha value is -1.78. The molecule has 0 unspecified atom stereocenters. The SMILES string of the molecule is C/C(=N/O)c1ccc(C(=O)O)o1. The van der Waals surface area contributed by atoms with Crippen molar-refractivity contribution < 1.29 is 19.5 Å². The van der Waals surface area contributed by atoms with Crippen molar-refractivity contribution in [3.63, 3.8) is 0 Å². The molecule has 0 bridgehead atoms. The number of carboxylic acid groups (broad SMARTS) is 1. The van der Waals surface area contributed by atoms with Crippen LogP contribution in [-0.4, -0.2) is 22.0 Å². The van der Waals surface area contributed by atoms with Crippen molar-refractivity contribution in [1.82, 2.24) is 0 Å². The van der Waals surface area contributed by atoms with E-state index in [1.54, 1.807) is 0 Å². The number of carboxylic acids is 1. The third kappa shape index (κ3) is 1.45. The number of oxime groups is 1. The van der Waals surface area contributed by atoms with Crippen molar-refractivity contribution in [1.29, 1.82) is 0 Å². The molecule has 0 fully saturated rings. The maximum Gasteiger partial charge on any atom is 0.371 e. The maximum atomic E-state index is 10.3. The third-order valence-electron chi connectivity index (χ3n) is 1.32. The molecule has 0 aliphatic carbocycles. The summed E-state index contributed by atoms with van der Waals surface area (Å²) >= 11 is 0. The van der Waals surface area contributed by atoms with Gasteiger partial charge in [-0.05, 0) is 19.1 Å². The minimum atomic E-state index is -1.15. The fraction of sp³-hybridized carbons (Fsp3) is 0.143. The standard InChI is InChI=1S/C7H7NO4/c1-4(8-11)5-2-3-6(12-5)7(9)10/h2-3,11H,1H3,(H,9,10)/b8-4-. The van der Waals surface area contributed by atoms with Crippen molar-refractivity contribution in [3.8, 4) is 0 Å². The van der Waals surface area contributed by atoms with Gasteiger partial charge in [0.05, 0.1) is 0 Å². The summed E-state index contributed by atoms with van der Waals surface area (Å²) in [5, 5.41) is 19.6. The Morgan fingerprint density at radius 1 is 1.50 bits per heavy atom. The number of rotatable bonds is 2. The zero-order chi connectivity index (χ0) is 9.14. The highest BCUT2D eigenvalue weighted by Crippen LogP contribution is 2.08. The summed E-state index contributed by atoms with van der Waals surface area (Å²) in [6.07, 6.45) is 0. The molecule has 0 amide bonds. The van der Waals surface area contributed by atoms with Gasteiger partial charge < -0.3 is 14.7 Å². The molecular formula is C7H7NO4. The predicted octanol–water partition coefficient (Wildman–Crippen LogP) is 1.18. The van der Waals surface area contributed by atoms with Crippen molar-refractivity contribution in [2.45, 2.75) is 6.92 Å². The van der Waals surface area contributed by atoms with Gasteiger partial charge in [-0.2, -0.15) is 0 Å². The Balaban J connectivity index is 2.99. The Morgan fingerprint density at radius 3 is 2.50 bits per heavy atom. The molecule has 64 valence electrons. The van der Waals surface area contributed by atoms with E-state index in [2.05, 4.69) is 5.16 Å². The Bertz CT molecular complexity index is 326. The second-order valence-electron chi connectivity index (χ2n) is 2.15. The van der Waals surface area contributed by atoms with Crippen LogP contribution < -0.4 is 0 Å². The van der Waals surface area contributed by atoms with Crippen LogP contribution in [0.4, 0.5) is 0 Å². The molecule has 12 heavy (non-hydrogen) atoms. The molecule has 1 rings (SSSR count). The van der Waals surface area contributed by atoms with Crippen LogP contribution >= 0.6 is 0 Å². The van der Waals surface area contributed by atoms with Gasteiger partial charge in [0.1, 0.15) is 5.71 Å². The van der Waals surface area contributed by atoms with Crippen LogP contribution in [0, 0.1) is 0 Å². The van der Waals surface area contributed by atoms with Crippen molar-refractivity contribution >= 4 is 11.7 Å². The maximum absolute atomic E-state index is 10.3. The van der Waals surface area contributed by atoms with Gasteiger partial charge in [-0.3, -0.25) is 0 Å². The highest BCUT2D eigenvalue weighted by Gasteiger charge is 2.10. The topological polar surface area (TPSA) is 83.0 Å². The van der Waals surface area contributed by atoms with E-state index in [0.29, 0.717) is 0 Å². The van der Waals surface area contributed by atoms with Gasteiger partial charge in [0.25, 0.3) is 0 Å². The normalized spacial score (nSPS) is 11.6. The molecule has 1 heterocycles. The van der Waals surface area contributed by atoms with Crippen LogP contribution in [0.5, 0.6) is 0 Å². The smallest absolute Gasteiger partial charge is 0.371 e. The molecule has 5 heteroatoms. The quantitative estimate of drug-likeness (QED) is 0.395. The summed E-state index contributed by atoms with van der Waals surface area (Å²) in [4.78, 5) is 10.3. The van der Waals surface area contributed by atoms with E-state index in [1.807, 2.05) is 0 Å². The van der Waals surface area contributed by atoms with Gasteiger partial charge in [0, 0.05) is 0 Å². The number of aromatic carboxylic acids is 1. The molecule has 2 N–H and O–H groups in total. The molecule has 0 saturated carbocycles. The lowest BCUT2D eigenvalue weighted by atomic mass is 10.3. The largest absolute Gasteiger partial charge is 0.475 e. The molecule has 0 aromatic carbocycles. The Labute approximate surface area is 67.9 Å². The molecule has 0 radical (unpaired) electrons. The fourth-order valence-corrected chi connectivity index (χ4v) is 0.697. The van der Waals surface area contributed by atoms with E-state index in [-0.39, 0.29) is 17.2 Å². The number of hydrogen-bond acceptors (Lipinski definition) is 4. The fourth-order valence-electron chi connectivity index (χ4n) is 0.697. The number of nitrogens with zero attached hydrogens (tertiary/aromatic N) is 1. The monoisotopic (exact) mass is 169 g/mol. The van der Waals surface area contributed by atoms with Crippen molar-refractivity contribution in [2.24, 2.45) is 5.16 Å². The minimum absolute atomic E-state index is 0.173. The van der Waals surface area contributed by atoms with Crippen LogP contribution in [0.2, 0.25) is 0 Å². The second-order valence-corrected chi connectivity index (χ2v) is 2.15. The molecule has 0 aliphatic rings. The van der Waals surface area contributed by atoms with Gasteiger partial charge in [-0.25, -0.2) is 4.79 Å². The van der Waals surface area contributed by atoms with Crippen LogP contribution in [0.15, 0.2) is 21.7 Å². The zero-order valence-electron chi connectivity index (χ0n) is 6.31. The van der Waals surface area contributed by atoms with Crippen LogP contribution in [-0.2, 0) is 0 Å². The van der Waals surface area contributed by atoms with Gasteiger partial charge >= 0.3 is 5.97 Å². The van der Waals surface area contributed by atoms with E-state index in [9.17, 15) is 4.79 Å². The summed E-state index contributed by atoms with van der Waals surface area (Å²) in [6.45, 7) is 1.50. The van der Waals surface area contributed by atoms with E-state index < -0.39 is 5.97 Å². The van der Waals surface area contributed by atoms with Crippen LogP contribution in [0.25, 0.3) is 0 Å². The van der Waals surface area contributed by atoms with E-state index in [1.165, 1.54) is 19.1 Å². The average Bonchev–Trinajstić information content (AvgIpc) is 2.51. The summed E-state index contributed by atoms with van der Waals surface area (Å²) in [7, 11) is 0. The van der Waals surface area contributed by atoms with E-state index >= 15 is 0 Å². The molecule has 0 aliphatic heterocycles. The first-order valence-corrected chi connectivity index (χ1v) is 3.17. The van der Waals surface area contributed by atoms with Crippen LogP contribution in [0.3, 0.4) is 0 Å². The Morgan fingerprint density at radius 2 is 2.08 bits per heavy atom. The molecule has 1 aromatic heterocycles. The lowest BCUT2D eigenvalue weighted by Gasteiger charge is -1.89. The van der Waals surface area contributed by atoms with E-state index in [0.717, 1.165) is 0 Å². The average molecular weight is 169 g/mol. The minimum Gasteiger partial charge on any atom is -0.475 e. The summed E-state index contributed by atoms with van der Waals surface area (Å²) in [5.41, 5.74) is 0.238. The molecule has 1 aromatic rings. The first-order valence-electron chi connectivity index (χ1n) is 3.17. The number of furan rings is 1. The lowest BCUT2D eigenvalue weighted by Crippen LogP contribution is -1.94. The molecule has 5 nitrogen and oxygen atoms in total. The van der Waals surface area contributed by atoms with Gasteiger partial charge in [0.15, 0.2) is 5.76 Å². The molecule has 0 atom stereocenters. The van der Waals surface area contributed by atoms with Gasteiger partial charge in [0.2, 0.25) is 5.76 Å². The zero-order valence-corrected chi connectivity index (χ0v) is 6.31. The number of carbonyl (C=O) groups is 1. The third-order valence-corrected chi connectivity index (χ3v) is 1.32. The summed E-state index contributed by atoms with van der Waals surface area (Å²) < 4.78 is 4.81. The van der Waals surface area contributed by atoms with E-state index in [4.69, 9.17) is 14.7 Å². The van der Waals surface area contributed by atoms with Gasteiger partial charge in [-0.1, -0.05) is 5.16 Å². The first kappa shape index (κ1) is 8.32. The Kier molecular flexibility index (Phi) is 2.14. The lowest BCUT2D eigenvalue weighted by molar-refractivity contribution is 0.0662. The summed E-state index contributed by atoms with van der Waals surface area (Å²) in [5.74, 6) is -1.07. The molecule has 0 spiro atoms. The van der Waals surface area contributed by atoms with Crippen molar-refractivity contribution in [2.75, 3.05) is 0 Å².